The van der Waals surface area contributed by atoms with Gasteiger partial charge in [0.25, 0.3) is 0 Å². The highest BCUT2D eigenvalue weighted by Gasteiger charge is 2.16. The Morgan fingerprint density at radius 3 is 1.84 bits per heavy atom. The quantitative estimate of drug-likeness (QED) is 0.730. The number of hydrogen-bond acceptors (Lipinski definition) is 1. The maximum atomic E-state index is 10.8. The molecule has 2 heteroatoms. The summed E-state index contributed by atoms with van der Waals surface area (Å²) in [6, 6.07) is 9.20. The Morgan fingerprint density at radius 2 is 1.53 bits per heavy atom. The zero-order valence-corrected chi connectivity index (χ0v) is 13.3. The number of rotatable bonds is 4. The van der Waals surface area contributed by atoms with Crippen molar-refractivity contribution in [3.63, 3.8) is 0 Å². The van der Waals surface area contributed by atoms with E-state index in [1.807, 2.05) is 71.9 Å². The zero-order chi connectivity index (χ0) is 15.7. The molecule has 1 rings (SSSR count). The predicted molar refractivity (Wildman–Crippen MR) is 85.7 cm³/mol. The second kappa shape index (κ2) is 18.8. The molecule has 0 spiro atoms. The van der Waals surface area contributed by atoms with Crippen molar-refractivity contribution < 1.29 is 9.90 Å². The van der Waals surface area contributed by atoms with E-state index in [2.05, 4.69) is 6.58 Å². The number of carboxylic acid groups (broad SMARTS) is 1. The van der Waals surface area contributed by atoms with E-state index in [9.17, 15) is 4.79 Å². The van der Waals surface area contributed by atoms with E-state index in [0.29, 0.717) is 6.42 Å². The Balaban J connectivity index is -0.000000375. The molecular weight excluding hydrogens is 236 g/mol. The van der Waals surface area contributed by atoms with Gasteiger partial charge in [-0.05, 0) is 12.0 Å². The summed E-state index contributed by atoms with van der Waals surface area (Å²) in [6.45, 7) is 15.5. The van der Waals surface area contributed by atoms with Crippen LogP contribution in [0.5, 0.6) is 0 Å². The van der Waals surface area contributed by atoms with Crippen molar-refractivity contribution >= 4 is 5.97 Å². The van der Waals surface area contributed by atoms with Crippen LogP contribution in [0.1, 0.15) is 59.4 Å². The molecule has 0 saturated heterocycles. The molecule has 0 aliphatic heterocycles. The molecule has 0 bridgehead atoms. The Morgan fingerprint density at radius 1 is 1.11 bits per heavy atom. The van der Waals surface area contributed by atoms with Gasteiger partial charge in [0.05, 0.1) is 5.92 Å². The minimum Gasteiger partial charge on any atom is -0.481 e. The van der Waals surface area contributed by atoms with Gasteiger partial charge in [-0.1, -0.05) is 78.0 Å². The van der Waals surface area contributed by atoms with Crippen LogP contribution in [-0.2, 0) is 4.79 Å². The first-order valence-corrected chi connectivity index (χ1v) is 7.14. The monoisotopic (exact) mass is 266 g/mol. The van der Waals surface area contributed by atoms with E-state index in [4.69, 9.17) is 5.11 Å². The number of allylic oxidation sites excluding steroid dienone is 1. The second-order valence-corrected chi connectivity index (χ2v) is 2.83. The number of hydrogen-bond donors (Lipinski definition) is 1. The third-order valence-corrected chi connectivity index (χ3v) is 1.90. The number of aliphatic carboxylic acids is 1. The van der Waals surface area contributed by atoms with Crippen LogP contribution in [0, 0.1) is 0 Å². The smallest absolute Gasteiger partial charge is 0.311 e. The first-order chi connectivity index (χ1) is 9.25. The first-order valence-electron chi connectivity index (χ1n) is 7.14. The van der Waals surface area contributed by atoms with Crippen LogP contribution in [0.2, 0.25) is 0 Å². The molecule has 0 amide bonds. The van der Waals surface area contributed by atoms with Gasteiger partial charge in [-0.15, -0.1) is 6.58 Å². The van der Waals surface area contributed by atoms with Crippen LogP contribution in [0.4, 0.5) is 0 Å². The van der Waals surface area contributed by atoms with Crippen LogP contribution >= 0.6 is 0 Å². The van der Waals surface area contributed by atoms with Crippen LogP contribution in [0.15, 0.2) is 43.0 Å². The number of carboxylic acids is 1. The highest BCUT2D eigenvalue weighted by atomic mass is 16.4. The highest BCUT2D eigenvalue weighted by molar-refractivity contribution is 5.76. The fourth-order valence-corrected chi connectivity index (χ4v) is 1.23. The van der Waals surface area contributed by atoms with Gasteiger partial charge in [0.2, 0.25) is 0 Å². The van der Waals surface area contributed by atoms with E-state index in [-0.39, 0.29) is 0 Å². The summed E-state index contributed by atoms with van der Waals surface area (Å²) < 4.78 is 0. The highest BCUT2D eigenvalue weighted by Crippen LogP contribution is 2.19. The van der Waals surface area contributed by atoms with Crippen molar-refractivity contribution in [1.29, 1.82) is 0 Å². The largest absolute Gasteiger partial charge is 0.481 e. The lowest BCUT2D eigenvalue weighted by atomic mass is 9.96. The minimum atomic E-state index is -0.800. The van der Waals surface area contributed by atoms with E-state index >= 15 is 0 Å². The van der Waals surface area contributed by atoms with E-state index in [0.717, 1.165) is 5.56 Å². The average molecular weight is 266 g/mol. The SMILES string of the molecule is C=CCC(C(=O)O)c1ccccc1.CC.CC.CC. The van der Waals surface area contributed by atoms with Crippen LogP contribution in [0.3, 0.4) is 0 Å². The molecule has 1 aromatic carbocycles. The van der Waals surface area contributed by atoms with Crippen LogP contribution in [-0.4, -0.2) is 11.1 Å². The van der Waals surface area contributed by atoms with Crippen molar-refractivity contribution in [2.75, 3.05) is 0 Å². The summed E-state index contributed by atoms with van der Waals surface area (Å²) in [5.41, 5.74) is 0.829. The third-order valence-electron chi connectivity index (χ3n) is 1.90. The molecule has 0 aliphatic carbocycles. The van der Waals surface area contributed by atoms with Gasteiger partial charge in [0.1, 0.15) is 0 Å². The molecule has 1 N–H and O–H groups in total. The zero-order valence-electron chi connectivity index (χ0n) is 13.3. The van der Waals surface area contributed by atoms with E-state index in [1.165, 1.54) is 0 Å². The first kappa shape index (κ1) is 22.6. The summed E-state index contributed by atoms with van der Waals surface area (Å²) in [7, 11) is 0. The fourth-order valence-electron chi connectivity index (χ4n) is 1.23. The van der Waals surface area contributed by atoms with Crippen molar-refractivity contribution in [1.82, 2.24) is 0 Å². The van der Waals surface area contributed by atoms with Gasteiger partial charge in [-0.2, -0.15) is 0 Å². The molecule has 1 atom stereocenters. The average Bonchev–Trinajstić information content (AvgIpc) is 2.51. The van der Waals surface area contributed by atoms with Gasteiger partial charge < -0.3 is 5.11 Å². The van der Waals surface area contributed by atoms with Gasteiger partial charge >= 0.3 is 5.97 Å². The summed E-state index contributed by atoms with van der Waals surface area (Å²) in [5.74, 6) is -1.26. The Kier molecular flexibility index (Phi) is 22.3. The Bertz CT molecular complexity index is 291. The topological polar surface area (TPSA) is 37.3 Å². The molecule has 0 fully saturated rings. The van der Waals surface area contributed by atoms with E-state index in [1.54, 1.807) is 6.08 Å². The number of carbonyl (C=O) groups is 1. The molecule has 1 unspecified atom stereocenters. The molecule has 0 aromatic heterocycles. The molecule has 110 valence electrons. The molecule has 2 nitrogen and oxygen atoms in total. The standard InChI is InChI=1S/C11H12O2.3C2H6/c1-2-6-10(11(12)13)9-7-4-3-5-8-9;3*1-2/h2-5,7-8,10H,1,6H2,(H,12,13);3*1-2H3. The number of benzene rings is 1. The predicted octanol–water partition coefficient (Wildman–Crippen LogP) is 5.51. The van der Waals surface area contributed by atoms with Crippen molar-refractivity contribution in [2.45, 2.75) is 53.9 Å². The lowest BCUT2D eigenvalue weighted by Crippen LogP contribution is -2.10. The summed E-state index contributed by atoms with van der Waals surface area (Å²) in [4.78, 5) is 10.8. The lowest BCUT2D eigenvalue weighted by Gasteiger charge is -2.09. The molecular formula is C17H30O2. The van der Waals surface area contributed by atoms with Crippen molar-refractivity contribution in [3.05, 3.63) is 48.6 Å². The fraction of sp³-hybridized carbons (Fsp3) is 0.471. The van der Waals surface area contributed by atoms with Crippen molar-refractivity contribution in [3.8, 4) is 0 Å². The maximum absolute atomic E-state index is 10.8. The molecule has 19 heavy (non-hydrogen) atoms. The van der Waals surface area contributed by atoms with Crippen LogP contribution in [0.25, 0.3) is 0 Å². The molecule has 0 radical (unpaired) electrons. The lowest BCUT2D eigenvalue weighted by molar-refractivity contribution is -0.138. The van der Waals surface area contributed by atoms with Gasteiger partial charge in [-0.25, -0.2) is 0 Å². The van der Waals surface area contributed by atoms with Crippen molar-refractivity contribution in [2.24, 2.45) is 0 Å². The normalized spacial score (nSPS) is 9.16. The molecule has 0 saturated carbocycles. The Labute approximate surface area is 119 Å². The van der Waals surface area contributed by atoms with E-state index < -0.39 is 11.9 Å². The second-order valence-electron chi connectivity index (χ2n) is 2.83. The Hall–Kier alpha value is -1.57. The minimum absolute atomic E-state index is 0.460. The summed E-state index contributed by atoms with van der Waals surface area (Å²) in [6.07, 6.45) is 2.10. The molecule has 0 aliphatic rings. The maximum Gasteiger partial charge on any atom is 0.311 e. The van der Waals surface area contributed by atoms with Gasteiger partial charge in [-0.3, -0.25) is 4.79 Å². The third kappa shape index (κ3) is 11.3. The van der Waals surface area contributed by atoms with Gasteiger partial charge in [0.15, 0.2) is 0 Å². The van der Waals surface area contributed by atoms with Gasteiger partial charge in [0, 0.05) is 0 Å². The summed E-state index contributed by atoms with van der Waals surface area (Å²) >= 11 is 0. The summed E-state index contributed by atoms with van der Waals surface area (Å²) in [5, 5.41) is 8.91. The molecule has 1 aromatic rings. The molecule has 0 heterocycles. The van der Waals surface area contributed by atoms with Crippen LogP contribution < -0.4 is 0 Å².